The molecular formula is C34H35F3N6O6. The quantitative estimate of drug-likeness (QED) is 0.193. The zero-order valence-corrected chi connectivity index (χ0v) is 26.4. The van der Waals surface area contributed by atoms with Crippen molar-refractivity contribution in [2.24, 2.45) is 5.92 Å². The van der Waals surface area contributed by atoms with Gasteiger partial charge in [0.25, 0.3) is 11.6 Å². The van der Waals surface area contributed by atoms with Crippen LogP contribution in [0.5, 0.6) is 0 Å². The Morgan fingerprint density at radius 1 is 0.959 bits per heavy atom. The summed E-state index contributed by atoms with van der Waals surface area (Å²) in [4.78, 5) is 44.8. The van der Waals surface area contributed by atoms with E-state index >= 15 is 0 Å². The minimum Gasteiger partial charge on any atom is -0.481 e. The first-order valence-electron chi connectivity index (χ1n) is 15.9. The van der Waals surface area contributed by atoms with Gasteiger partial charge in [-0.25, -0.2) is 4.98 Å². The second-order valence-corrected chi connectivity index (χ2v) is 12.5. The molecule has 1 amide bonds. The maximum atomic E-state index is 14.9. The van der Waals surface area contributed by atoms with Crippen LogP contribution in [-0.4, -0.2) is 98.4 Å². The van der Waals surface area contributed by atoms with Gasteiger partial charge in [-0.05, 0) is 36.6 Å². The molecule has 2 fully saturated rings. The lowest BCUT2D eigenvalue weighted by Crippen LogP contribution is -2.56. The number of non-ortho nitro benzene ring substituents is 1. The molecule has 2 aliphatic rings. The van der Waals surface area contributed by atoms with Crippen LogP contribution in [0.1, 0.15) is 34.3 Å². The van der Waals surface area contributed by atoms with E-state index in [1.807, 2.05) is 4.90 Å². The molecule has 6 rings (SSSR count). The number of piperazine rings is 1. The first kappa shape index (κ1) is 33.9. The number of nitro benzene ring substituents is 1. The van der Waals surface area contributed by atoms with Gasteiger partial charge in [-0.3, -0.25) is 24.6 Å². The van der Waals surface area contributed by atoms with Crippen LogP contribution in [0.3, 0.4) is 0 Å². The van der Waals surface area contributed by atoms with Crippen LogP contribution < -0.4 is 4.90 Å². The minimum absolute atomic E-state index is 0.0531. The molecule has 12 nitrogen and oxygen atoms in total. The lowest BCUT2D eigenvalue weighted by atomic mass is 9.91. The van der Waals surface area contributed by atoms with E-state index in [0.29, 0.717) is 37.3 Å². The Morgan fingerprint density at radius 2 is 1.65 bits per heavy atom. The van der Waals surface area contributed by atoms with Crippen molar-refractivity contribution in [3.05, 3.63) is 99.9 Å². The number of amides is 1. The minimum atomic E-state index is -5.09. The number of hydrogen-bond donors (Lipinski definition) is 2. The van der Waals surface area contributed by atoms with Gasteiger partial charge in [0.2, 0.25) is 5.60 Å². The van der Waals surface area contributed by atoms with Crippen molar-refractivity contribution in [2.45, 2.75) is 31.2 Å². The molecule has 0 aliphatic carbocycles. The van der Waals surface area contributed by atoms with Gasteiger partial charge in [0, 0.05) is 87.8 Å². The van der Waals surface area contributed by atoms with E-state index in [-0.39, 0.29) is 61.1 Å². The number of benzene rings is 2. The molecule has 2 saturated heterocycles. The van der Waals surface area contributed by atoms with Crippen LogP contribution in [0.4, 0.5) is 24.7 Å². The number of carboxylic acid groups (broad SMARTS) is 1. The maximum absolute atomic E-state index is 14.9. The van der Waals surface area contributed by atoms with Crippen molar-refractivity contribution in [3.8, 4) is 0 Å². The third-order valence-electron chi connectivity index (χ3n) is 9.46. The number of aliphatic hydroxyl groups is 1. The number of aromatic nitrogens is 2. The number of pyridine rings is 1. The number of aliphatic carboxylic acids is 1. The molecule has 0 saturated carbocycles. The van der Waals surface area contributed by atoms with E-state index < -0.39 is 34.8 Å². The second-order valence-electron chi connectivity index (χ2n) is 12.5. The molecule has 0 bridgehead atoms. The van der Waals surface area contributed by atoms with Crippen molar-refractivity contribution >= 4 is 34.3 Å². The van der Waals surface area contributed by atoms with Crippen LogP contribution in [-0.2, 0) is 16.9 Å². The molecule has 1 atom stereocenters. The average Bonchev–Trinajstić information content (AvgIpc) is 3.46. The van der Waals surface area contributed by atoms with E-state index in [1.165, 1.54) is 38.9 Å². The number of nitro groups is 1. The van der Waals surface area contributed by atoms with Gasteiger partial charge in [0.15, 0.2) is 0 Å². The molecule has 0 radical (unpaired) electrons. The topological polar surface area (TPSA) is 145 Å². The smallest absolute Gasteiger partial charge is 0.422 e. The number of anilines is 1. The Morgan fingerprint density at radius 3 is 2.24 bits per heavy atom. The standard InChI is InChI=1S/C34H35F3N6O6/c35-34(36,37)33(47,28-21-42(20-23-4-2-1-3-5-23)29-18-26(43(48)49)7-8-27(28)29)22-39-14-16-41(17-15-39)31(44)25-6-9-30(38-19-25)40-12-10-24(11-13-40)32(45)46/h1-9,18-19,21,24,47H,10-17,20,22H2,(H,45,46). The van der Waals surface area contributed by atoms with E-state index in [4.69, 9.17) is 0 Å². The molecule has 4 aromatic rings. The van der Waals surface area contributed by atoms with Crippen molar-refractivity contribution in [1.82, 2.24) is 19.4 Å². The molecule has 258 valence electrons. The van der Waals surface area contributed by atoms with Gasteiger partial charge in [-0.15, -0.1) is 0 Å². The number of halogens is 3. The number of carbonyl (C=O) groups excluding carboxylic acids is 1. The van der Waals surface area contributed by atoms with Crippen molar-refractivity contribution in [3.63, 3.8) is 0 Å². The number of β-amino-alcohol motifs (C(OH)–C–C–N with tert-alkyl or cyclic N) is 1. The maximum Gasteiger partial charge on any atom is 0.422 e. The van der Waals surface area contributed by atoms with Gasteiger partial charge in [0.1, 0.15) is 5.82 Å². The summed E-state index contributed by atoms with van der Waals surface area (Å²) in [5, 5.41) is 32.3. The summed E-state index contributed by atoms with van der Waals surface area (Å²) in [6.07, 6.45) is -1.41. The zero-order chi connectivity index (χ0) is 34.9. The van der Waals surface area contributed by atoms with Crippen LogP contribution in [0.25, 0.3) is 10.9 Å². The molecule has 4 heterocycles. The fourth-order valence-electron chi connectivity index (χ4n) is 6.63. The van der Waals surface area contributed by atoms with E-state index in [0.717, 1.165) is 11.6 Å². The van der Waals surface area contributed by atoms with Gasteiger partial charge >= 0.3 is 12.1 Å². The van der Waals surface area contributed by atoms with Crippen LogP contribution in [0.15, 0.2) is 73.1 Å². The lowest BCUT2D eigenvalue weighted by molar-refractivity contribution is -0.384. The van der Waals surface area contributed by atoms with Crippen LogP contribution in [0, 0.1) is 16.0 Å². The molecule has 2 aromatic heterocycles. The highest BCUT2D eigenvalue weighted by Crippen LogP contribution is 2.44. The summed E-state index contributed by atoms with van der Waals surface area (Å²) in [5.41, 5.74) is -2.72. The highest BCUT2D eigenvalue weighted by molar-refractivity contribution is 5.94. The molecule has 0 spiro atoms. The van der Waals surface area contributed by atoms with Crippen molar-refractivity contribution < 1.29 is 37.9 Å². The highest BCUT2D eigenvalue weighted by atomic mass is 19.4. The zero-order valence-electron chi connectivity index (χ0n) is 26.4. The summed E-state index contributed by atoms with van der Waals surface area (Å²) in [6, 6.07) is 15.9. The average molecular weight is 681 g/mol. The Bertz CT molecular complexity index is 1830. The number of carboxylic acids is 1. The van der Waals surface area contributed by atoms with Gasteiger partial charge in [-0.1, -0.05) is 30.3 Å². The summed E-state index contributed by atoms with van der Waals surface area (Å²) in [7, 11) is 0. The predicted molar refractivity (Wildman–Crippen MR) is 173 cm³/mol. The van der Waals surface area contributed by atoms with E-state index in [1.54, 1.807) is 42.5 Å². The number of fused-ring (bicyclic) bond motifs is 1. The molecule has 49 heavy (non-hydrogen) atoms. The van der Waals surface area contributed by atoms with Crippen molar-refractivity contribution in [2.75, 3.05) is 50.7 Å². The number of nitrogens with zero attached hydrogens (tertiary/aromatic N) is 6. The summed E-state index contributed by atoms with van der Waals surface area (Å²) < 4.78 is 46.1. The fraction of sp³-hybridized carbons (Fsp3) is 0.382. The highest BCUT2D eigenvalue weighted by Gasteiger charge is 2.57. The number of rotatable bonds is 9. The Labute approximate surface area is 279 Å². The fourth-order valence-corrected chi connectivity index (χ4v) is 6.63. The molecular weight excluding hydrogens is 645 g/mol. The van der Waals surface area contributed by atoms with Gasteiger partial charge in [0.05, 0.1) is 21.9 Å². The lowest BCUT2D eigenvalue weighted by Gasteiger charge is -2.40. The largest absolute Gasteiger partial charge is 0.481 e. The predicted octanol–water partition coefficient (Wildman–Crippen LogP) is 4.50. The first-order valence-corrected chi connectivity index (χ1v) is 15.9. The van der Waals surface area contributed by atoms with E-state index in [2.05, 4.69) is 4.98 Å². The monoisotopic (exact) mass is 680 g/mol. The Balaban J connectivity index is 1.17. The second kappa shape index (κ2) is 13.5. The molecule has 2 aliphatic heterocycles. The number of alkyl halides is 3. The van der Waals surface area contributed by atoms with Gasteiger partial charge < -0.3 is 24.6 Å². The summed E-state index contributed by atoms with van der Waals surface area (Å²) in [5.74, 6) is -0.875. The van der Waals surface area contributed by atoms with Crippen LogP contribution in [0.2, 0.25) is 0 Å². The molecule has 2 aromatic carbocycles. The molecule has 1 unspecified atom stereocenters. The van der Waals surface area contributed by atoms with Crippen molar-refractivity contribution in [1.29, 1.82) is 0 Å². The molecule has 15 heteroatoms. The van der Waals surface area contributed by atoms with E-state index in [9.17, 15) is 43.1 Å². The SMILES string of the molecule is O=C(O)C1CCN(c2ccc(C(=O)N3CCN(CC(O)(c4cn(Cc5ccccc5)c5cc([N+](=O)[O-])ccc45)C(F)(F)F)CC3)cn2)CC1. The third-order valence-corrected chi connectivity index (χ3v) is 9.46. The first-order chi connectivity index (χ1) is 23.3. The number of hydrogen-bond acceptors (Lipinski definition) is 8. The number of piperidine rings is 1. The van der Waals surface area contributed by atoms with Gasteiger partial charge in [-0.2, -0.15) is 13.2 Å². The number of carbonyl (C=O) groups is 2. The Hall–Kier alpha value is -5.02. The Kier molecular flexibility index (Phi) is 9.31. The summed E-state index contributed by atoms with van der Waals surface area (Å²) >= 11 is 0. The molecule has 2 N–H and O–H groups in total. The summed E-state index contributed by atoms with van der Waals surface area (Å²) in [6.45, 7) is 0.804. The third kappa shape index (κ3) is 6.94. The van der Waals surface area contributed by atoms with Crippen LogP contribution >= 0.6 is 0 Å². The normalized spacial score (nSPS) is 17.6.